The monoisotopic (exact) mass is 270 g/mol. The lowest BCUT2D eigenvalue weighted by atomic mass is 10.1. The SMILES string of the molecule is CSc1c(C#N)c(=C(C#N)C#N)nc(C)/c1=C(/C)O. The van der Waals surface area contributed by atoms with Crippen molar-refractivity contribution in [1.82, 2.24) is 4.98 Å². The van der Waals surface area contributed by atoms with Gasteiger partial charge in [0.05, 0.1) is 11.3 Å². The lowest BCUT2D eigenvalue weighted by Gasteiger charge is -2.06. The molecule has 0 atom stereocenters. The normalized spacial score (nSPS) is 10.9. The predicted octanol–water partition coefficient (Wildman–Crippen LogP) is 0.868. The van der Waals surface area contributed by atoms with Gasteiger partial charge in [0.15, 0.2) is 5.57 Å². The van der Waals surface area contributed by atoms with E-state index in [2.05, 4.69) is 4.98 Å². The Hall–Kier alpha value is -2.49. The van der Waals surface area contributed by atoms with E-state index in [1.807, 2.05) is 6.07 Å². The second kappa shape index (κ2) is 5.91. The van der Waals surface area contributed by atoms with Crippen molar-refractivity contribution in [3.63, 3.8) is 0 Å². The van der Waals surface area contributed by atoms with Crippen LogP contribution in [0.1, 0.15) is 18.2 Å². The Bertz CT molecular complexity index is 755. The van der Waals surface area contributed by atoms with E-state index in [1.54, 1.807) is 25.3 Å². The summed E-state index contributed by atoms with van der Waals surface area (Å²) in [6.45, 7) is 3.16. The van der Waals surface area contributed by atoms with Gasteiger partial charge in [-0.05, 0) is 20.1 Å². The fourth-order valence-corrected chi connectivity index (χ4v) is 2.57. The van der Waals surface area contributed by atoms with Gasteiger partial charge in [-0.15, -0.1) is 11.8 Å². The van der Waals surface area contributed by atoms with Gasteiger partial charge < -0.3 is 5.11 Å². The summed E-state index contributed by atoms with van der Waals surface area (Å²) in [5, 5.41) is 37.3. The molecule has 0 radical (unpaired) electrons. The molecule has 0 aliphatic rings. The molecule has 19 heavy (non-hydrogen) atoms. The summed E-state index contributed by atoms with van der Waals surface area (Å²) in [5.74, 6) is 0.0489. The van der Waals surface area contributed by atoms with E-state index in [9.17, 15) is 10.4 Å². The van der Waals surface area contributed by atoms with Crippen molar-refractivity contribution in [2.75, 3.05) is 6.26 Å². The maximum Gasteiger partial charge on any atom is 0.156 e. The molecule has 1 heterocycles. The topological polar surface area (TPSA) is 104 Å². The van der Waals surface area contributed by atoms with Crippen LogP contribution in [0.2, 0.25) is 0 Å². The number of nitriles is 3. The Balaban J connectivity index is 4.22. The predicted molar refractivity (Wildman–Crippen MR) is 71.1 cm³/mol. The van der Waals surface area contributed by atoms with Gasteiger partial charge >= 0.3 is 0 Å². The van der Waals surface area contributed by atoms with E-state index in [0.717, 1.165) is 0 Å². The van der Waals surface area contributed by atoms with Crippen molar-refractivity contribution >= 4 is 23.1 Å². The van der Waals surface area contributed by atoms with Crippen molar-refractivity contribution in [3.05, 3.63) is 21.8 Å². The highest BCUT2D eigenvalue weighted by atomic mass is 32.2. The van der Waals surface area contributed by atoms with Gasteiger partial charge in [0.25, 0.3) is 0 Å². The van der Waals surface area contributed by atoms with Gasteiger partial charge in [0.2, 0.25) is 0 Å². The van der Waals surface area contributed by atoms with Crippen LogP contribution in [0.15, 0.2) is 4.90 Å². The third kappa shape index (κ3) is 2.52. The molecule has 0 bridgehead atoms. The Labute approximate surface area is 114 Å². The third-order valence-corrected chi connectivity index (χ3v) is 3.29. The van der Waals surface area contributed by atoms with E-state index < -0.39 is 0 Å². The van der Waals surface area contributed by atoms with Crippen LogP contribution in [0.5, 0.6) is 0 Å². The van der Waals surface area contributed by atoms with Crippen LogP contribution in [0.25, 0.3) is 11.3 Å². The molecule has 0 unspecified atom stereocenters. The van der Waals surface area contributed by atoms with E-state index >= 15 is 0 Å². The first kappa shape index (κ1) is 14.6. The van der Waals surface area contributed by atoms with Crippen molar-refractivity contribution in [2.45, 2.75) is 18.7 Å². The zero-order chi connectivity index (χ0) is 14.6. The number of hydrogen-bond donors (Lipinski definition) is 1. The van der Waals surface area contributed by atoms with Crippen LogP contribution in [-0.4, -0.2) is 16.3 Å². The minimum atomic E-state index is -0.211. The van der Waals surface area contributed by atoms with Gasteiger partial charge in [0, 0.05) is 15.8 Å². The molecule has 0 saturated heterocycles. The van der Waals surface area contributed by atoms with Crippen molar-refractivity contribution in [1.29, 1.82) is 15.8 Å². The van der Waals surface area contributed by atoms with Gasteiger partial charge in [-0.25, -0.2) is 4.98 Å². The molecule has 94 valence electrons. The van der Waals surface area contributed by atoms with E-state index in [4.69, 9.17) is 10.5 Å². The van der Waals surface area contributed by atoms with Crippen LogP contribution in [0.4, 0.5) is 0 Å². The minimum absolute atomic E-state index is 0.0489. The molecule has 0 fully saturated rings. The summed E-state index contributed by atoms with van der Waals surface area (Å²) < 4.78 is 0. The number of aliphatic hydroxyl groups excluding tert-OH is 1. The molecule has 1 aromatic heterocycles. The quantitative estimate of drug-likeness (QED) is 0.759. The summed E-state index contributed by atoms with van der Waals surface area (Å²) in [7, 11) is 0. The van der Waals surface area contributed by atoms with Gasteiger partial charge in [0.1, 0.15) is 23.6 Å². The first-order valence-corrected chi connectivity index (χ1v) is 6.43. The minimum Gasteiger partial charge on any atom is -0.512 e. The molecule has 1 rings (SSSR count). The maximum atomic E-state index is 9.70. The van der Waals surface area contributed by atoms with Gasteiger partial charge in [-0.1, -0.05) is 0 Å². The average molecular weight is 270 g/mol. The van der Waals surface area contributed by atoms with Crippen LogP contribution in [0.3, 0.4) is 0 Å². The second-order valence-corrected chi connectivity index (χ2v) is 4.44. The van der Waals surface area contributed by atoms with E-state index in [-0.39, 0.29) is 22.2 Å². The first-order valence-electron chi connectivity index (χ1n) is 5.20. The van der Waals surface area contributed by atoms with Gasteiger partial charge in [-0.3, -0.25) is 0 Å². The van der Waals surface area contributed by atoms with Crippen LogP contribution in [-0.2, 0) is 0 Å². The summed E-state index contributed by atoms with van der Waals surface area (Å²) in [5.41, 5.74) is 0.401. The Kier molecular flexibility index (Phi) is 4.53. The number of nitrogens with zero attached hydrogens (tertiary/aromatic N) is 4. The molecule has 5 nitrogen and oxygen atoms in total. The zero-order valence-corrected chi connectivity index (χ0v) is 11.5. The first-order chi connectivity index (χ1) is 9.01. The van der Waals surface area contributed by atoms with Crippen molar-refractivity contribution < 1.29 is 5.11 Å². The number of pyridine rings is 1. The third-order valence-electron chi connectivity index (χ3n) is 2.47. The highest BCUT2D eigenvalue weighted by Crippen LogP contribution is 2.14. The fourth-order valence-electron chi connectivity index (χ4n) is 1.72. The van der Waals surface area contributed by atoms with Crippen LogP contribution < -0.4 is 10.6 Å². The lowest BCUT2D eigenvalue weighted by Crippen LogP contribution is -2.27. The highest BCUT2D eigenvalue weighted by molar-refractivity contribution is 7.98. The molecule has 0 spiro atoms. The molecular formula is C13H10N4OS. The second-order valence-electron chi connectivity index (χ2n) is 3.62. The van der Waals surface area contributed by atoms with E-state index in [0.29, 0.717) is 15.8 Å². The molecule has 0 aromatic carbocycles. The van der Waals surface area contributed by atoms with Crippen LogP contribution >= 0.6 is 11.8 Å². The van der Waals surface area contributed by atoms with Gasteiger partial charge in [-0.2, -0.15) is 15.8 Å². The summed E-state index contributed by atoms with van der Waals surface area (Å²) in [4.78, 5) is 4.64. The Morgan fingerprint density at radius 3 is 2.21 bits per heavy atom. The number of thioether (sulfide) groups is 1. The lowest BCUT2D eigenvalue weighted by molar-refractivity contribution is 0.496. The summed E-state index contributed by atoms with van der Waals surface area (Å²) in [6.07, 6.45) is 1.75. The Morgan fingerprint density at radius 1 is 1.26 bits per heavy atom. The number of aryl methyl sites for hydroxylation is 1. The molecule has 6 heteroatoms. The van der Waals surface area contributed by atoms with E-state index in [1.165, 1.54) is 18.7 Å². The van der Waals surface area contributed by atoms with Crippen molar-refractivity contribution in [2.24, 2.45) is 0 Å². The number of rotatable bonds is 1. The molecule has 0 aliphatic heterocycles. The summed E-state index contributed by atoms with van der Waals surface area (Å²) >= 11 is 1.27. The molecule has 0 aliphatic carbocycles. The zero-order valence-electron chi connectivity index (χ0n) is 10.6. The highest BCUT2D eigenvalue weighted by Gasteiger charge is 2.14. The molecule has 1 aromatic rings. The molecule has 1 N–H and O–H groups in total. The number of hydrogen-bond acceptors (Lipinski definition) is 6. The Morgan fingerprint density at radius 2 is 1.84 bits per heavy atom. The molecule has 0 amide bonds. The number of aliphatic hydroxyl groups is 1. The number of aromatic nitrogens is 1. The fraction of sp³-hybridized carbons (Fsp3) is 0.231. The molecule has 0 saturated carbocycles. The maximum absolute atomic E-state index is 9.70. The summed E-state index contributed by atoms with van der Waals surface area (Å²) in [6, 6.07) is 5.42. The standard InChI is InChI=1S/C13H10N4OS/c1-7-11(8(2)18)13(19-3)10(6-16)12(17-7)9(4-14)5-15/h18H,1-3H3/b11-8+. The smallest absolute Gasteiger partial charge is 0.156 e. The molecular weight excluding hydrogens is 260 g/mol. The van der Waals surface area contributed by atoms with Crippen LogP contribution in [0, 0.1) is 40.9 Å². The largest absolute Gasteiger partial charge is 0.512 e. The average Bonchev–Trinajstić information content (AvgIpc) is 2.38. The van der Waals surface area contributed by atoms with Crippen molar-refractivity contribution in [3.8, 4) is 18.2 Å².